The normalized spacial score (nSPS) is 48.9. The molecule has 3 nitrogen and oxygen atoms in total. The van der Waals surface area contributed by atoms with Gasteiger partial charge in [-0.1, -0.05) is 47.0 Å². The number of carboxylic acids is 1. The van der Waals surface area contributed by atoms with Crippen LogP contribution in [-0.4, -0.2) is 22.3 Å². The summed E-state index contributed by atoms with van der Waals surface area (Å²) in [6.45, 7) is 9.82. The largest absolute Gasteiger partial charge is 0.479 e. The minimum absolute atomic E-state index is 0.288. The summed E-state index contributed by atoms with van der Waals surface area (Å²) in [6.07, 6.45) is 13.0. The van der Waals surface area contributed by atoms with E-state index in [2.05, 4.69) is 27.7 Å². The molecule has 0 aromatic carbocycles. The quantitative estimate of drug-likeness (QED) is 0.578. The van der Waals surface area contributed by atoms with Gasteiger partial charge in [0.25, 0.3) is 0 Å². The molecule has 4 rings (SSSR count). The number of aliphatic carboxylic acids is 1. The van der Waals surface area contributed by atoms with Crippen LogP contribution in [0, 0.1) is 52.3 Å². The van der Waals surface area contributed by atoms with Crippen LogP contribution < -0.4 is 0 Å². The molecular formula is C26H44O3. The van der Waals surface area contributed by atoms with Crippen LogP contribution in [0.3, 0.4) is 0 Å². The Kier molecular flexibility index (Phi) is 5.86. The van der Waals surface area contributed by atoms with Gasteiger partial charge < -0.3 is 10.2 Å². The molecule has 29 heavy (non-hydrogen) atoms. The third kappa shape index (κ3) is 3.38. The van der Waals surface area contributed by atoms with Crippen LogP contribution in [0.15, 0.2) is 0 Å². The van der Waals surface area contributed by atoms with Crippen molar-refractivity contribution in [2.45, 2.75) is 104 Å². The zero-order chi connectivity index (χ0) is 21.0. The highest BCUT2D eigenvalue weighted by atomic mass is 16.4. The Morgan fingerprint density at radius 1 is 1.00 bits per heavy atom. The molecule has 0 aliphatic heterocycles. The highest BCUT2D eigenvalue weighted by molar-refractivity contribution is 5.71. The molecule has 10 atom stereocenters. The highest BCUT2D eigenvalue weighted by Crippen LogP contribution is 2.69. The van der Waals surface area contributed by atoms with Crippen LogP contribution in [-0.2, 0) is 4.79 Å². The molecule has 166 valence electrons. The summed E-state index contributed by atoms with van der Waals surface area (Å²) >= 11 is 0. The van der Waals surface area contributed by atoms with Crippen molar-refractivity contribution in [3.05, 3.63) is 0 Å². The molecule has 4 aliphatic carbocycles. The number of rotatable bonds is 5. The van der Waals surface area contributed by atoms with E-state index in [-0.39, 0.29) is 5.92 Å². The molecule has 2 N–H and O–H groups in total. The summed E-state index contributed by atoms with van der Waals surface area (Å²) in [5, 5.41) is 19.1. The third-order valence-electron chi connectivity index (χ3n) is 10.9. The standard InChI is InChI=1S/C26H44O3/c1-5-17-15-18-21-10-9-19(16(2)14-23(27)24(28)29)26(21,4)13-11-22(18)25(3)12-7-6-8-20(17)25/h16-23,27H,5-15H2,1-4H3,(H,28,29)/t16-,17+,18+,19-,20+,21+,22+,23?,25+,26-/m1/s1. The second kappa shape index (κ2) is 7.84. The Balaban J connectivity index is 1.57. The second-order valence-electron chi connectivity index (χ2n) is 11.9. The molecule has 4 aliphatic rings. The van der Waals surface area contributed by atoms with Gasteiger partial charge in [0.2, 0.25) is 0 Å². The van der Waals surface area contributed by atoms with Crippen LogP contribution in [0.25, 0.3) is 0 Å². The van der Waals surface area contributed by atoms with E-state index >= 15 is 0 Å². The first-order valence-corrected chi connectivity index (χ1v) is 12.6. The summed E-state index contributed by atoms with van der Waals surface area (Å²) in [6, 6.07) is 0. The first kappa shape index (κ1) is 21.7. The lowest BCUT2D eigenvalue weighted by Crippen LogP contribution is -2.55. The smallest absolute Gasteiger partial charge is 0.332 e. The topological polar surface area (TPSA) is 57.5 Å². The lowest BCUT2D eigenvalue weighted by molar-refractivity contribution is -0.149. The van der Waals surface area contributed by atoms with Crippen molar-refractivity contribution < 1.29 is 15.0 Å². The van der Waals surface area contributed by atoms with E-state index in [0.29, 0.717) is 23.2 Å². The van der Waals surface area contributed by atoms with Crippen LogP contribution >= 0.6 is 0 Å². The molecule has 0 saturated heterocycles. The Bertz CT molecular complexity index is 617. The predicted molar refractivity (Wildman–Crippen MR) is 116 cm³/mol. The summed E-state index contributed by atoms with van der Waals surface area (Å²) < 4.78 is 0. The molecule has 4 fully saturated rings. The Labute approximate surface area is 178 Å². The molecule has 0 radical (unpaired) electrons. The van der Waals surface area contributed by atoms with Gasteiger partial charge in [0.05, 0.1) is 0 Å². The van der Waals surface area contributed by atoms with Crippen molar-refractivity contribution in [2.24, 2.45) is 52.3 Å². The number of aliphatic hydroxyl groups excluding tert-OH is 1. The lowest BCUT2D eigenvalue weighted by atomic mass is 9.42. The van der Waals surface area contributed by atoms with Gasteiger partial charge in [-0.2, -0.15) is 0 Å². The Hall–Kier alpha value is -0.570. The van der Waals surface area contributed by atoms with E-state index in [1.54, 1.807) is 0 Å². The summed E-state index contributed by atoms with van der Waals surface area (Å²) in [5.74, 6) is 4.25. The Morgan fingerprint density at radius 3 is 2.41 bits per heavy atom. The van der Waals surface area contributed by atoms with Crippen molar-refractivity contribution in [1.29, 1.82) is 0 Å². The fraction of sp³-hybridized carbons (Fsp3) is 0.962. The van der Waals surface area contributed by atoms with Crippen LogP contribution in [0.4, 0.5) is 0 Å². The maximum atomic E-state index is 11.2. The third-order valence-corrected chi connectivity index (χ3v) is 10.9. The fourth-order valence-corrected chi connectivity index (χ4v) is 9.61. The maximum Gasteiger partial charge on any atom is 0.332 e. The lowest BCUT2D eigenvalue weighted by Gasteiger charge is -2.63. The predicted octanol–water partition coefficient (Wildman–Crippen LogP) is 6.14. The number of hydrogen-bond donors (Lipinski definition) is 2. The molecule has 4 saturated carbocycles. The van der Waals surface area contributed by atoms with Crippen molar-refractivity contribution in [3.63, 3.8) is 0 Å². The fourth-order valence-electron chi connectivity index (χ4n) is 9.61. The zero-order valence-electron chi connectivity index (χ0n) is 19.2. The first-order valence-electron chi connectivity index (χ1n) is 12.6. The minimum Gasteiger partial charge on any atom is -0.479 e. The highest BCUT2D eigenvalue weighted by Gasteiger charge is 2.61. The summed E-state index contributed by atoms with van der Waals surface area (Å²) in [4.78, 5) is 11.2. The number of hydrogen-bond acceptors (Lipinski definition) is 2. The average molecular weight is 405 g/mol. The average Bonchev–Trinajstić information content (AvgIpc) is 3.04. The molecule has 0 spiro atoms. The minimum atomic E-state index is -1.20. The Morgan fingerprint density at radius 2 is 1.72 bits per heavy atom. The van der Waals surface area contributed by atoms with Gasteiger partial charge >= 0.3 is 5.97 Å². The van der Waals surface area contributed by atoms with Crippen molar-refractivity contribution in [2.75, 3.05) is 0 Å². The SMILES string of the molecule is CC[C@H]1C[C@@H]2[C@H](CC[C@]3(C)[C@@H]([C@H](C)CC(O)C(=O)O)CC[C@@H]23)[C@@]2(C)CCCC[C@@H]12. The van der Waals surface area contributed by atoms with Gasteiger partial charge in [-0.3, -0.25) is 0 Å². The van der Waals surface area contributed by atoms with Crippen LogP contribution in [0.2, 0.25) is 0 Å². The number of carbonyl (C=O) groups is 1. The van der Waals surface area contributed by atoms with Gasteiger partial charge in [-0.05, 0) is 104 Å². The monoisotopic (exact) mass is 404 g/mol. The van der Waals surface area contributed by atoms with Crippen molar-refractivity contribution in [3.8, 4) is 0 Å². The molecule has 1 unspecified atom stereocenters. The van der Waals surface area contributed by atoms with E-state index in [4.69, 9.17) is 5.11 Å². The number of fused-ring (bicyclic) bond motifs is 5. The van der Waals surface area contributed by atoms with E-state index in [0.717, 1.165) is 29.6 Å². The molecule has 0 bridgehead atoms. The number of aliphatic hydroxyl groups is 1. The van der Waals surface area contributed by atoms with Crippen molar-refractivity contribution in [1.82, 2.24) is 0 Å². The van der Waals surface area contributed by atoms with Gasteiger partial charge in [-0.25, -0.2) is 4.79 Å². The van der Waals surface area contributed by atoms with E-state index in [1.807, 2.05) is 0 Å². The van der Waals surface area contributed by atoms with Crippen molar-refractivity contribution >= 4 is 5.97 Å². The zero-order valence-corrected chi connectivity index (χ0v) is 19.2. The van der Waals surface area contributed by atoms with Gasteiger partial charge in [0, 0.05) is 0 Å². The summed E-state index contributed by atoms with van der Waals surface area (Å²) in [5.41, 5.74) is 0.904. The van der Waals surface area contributed by atoms with Crippen LogP contribution in [0.1, 0.15) is 98.3 Å². The molecule has 0 aromatic heterocycles. The molecule has 3 heteroatoms. The molecular weight excluding hydrogens is 360 g/mol. The molecule has 0 aromatic rings. The van der Waals surface area contributed by atoms with E-state index < -0.39 is 12.1 Å². The van der Waals surface area contributed by atoms with Gasteiger partial charge in [0.15, 0.2) is 6.10 Å². The maximum absolute atomic E-state index is 11.2. The second-order valence-corrected chi connectivity index (χ2v) is 11.9. The first-order chi connectivity index (χ1) is 13.7. The van der Waals surface area contributed by atoms with Crippen LogP contribution in [0.5, 0.6) is 0 Å². The molecule has 0 heterocycles. The number of carboxylic acid groups (broad SMARTS) is 1. The summed E-state index contributed by atoms with van der Waals surface area (Å²) in [7, 11) is 0. The molecule has 0 amide bonds. The van der Waals surface area contributed by atoms with Gasteiger partial charge in [0.1, 0.15) is 0 Å². The van der Waals surface area contributed by atoms with Gasteiger partial charge in [-0.15, -0.1) is 0 Å². The van der Waals surface area contributed by atoms with E-state index in [9.17, 15) is 9.90 Å². The van der Waals surface area contributed by atoms with E-state index in [1.165, 1.54) is 64.2 Å².